The lowest BCUT2D eigenvalue weighted by molar-refractivity contribution is -0.223. The topological polar surface area (TPSA) is 57.5 Å². The third kappa shape index (κ3) is 1.75. The zero-order valence-electron chi connectivity index (χ0n) is 11.1. The second-order valence-corrected chi connectivity index (χ2v) is 6.39. The Bertz CT molecular complexity index is 325. The van der Waals surface area contributed by atoms with Crippen LogP contribution in [0.1, 0.15) is 52.9 Å². The van der Waals surface area contributed by atoms with Gasteiger partial charge in [-0.05, 0) is 43.4 Å². The van der Waals surface area contributed by atoms with Gasteiger partial charge in [-0.3, -0.25) is 4.79 Å². The van der Waals surface area contributed by atoms with E-state index >= 15 is 0 Å². The van der Waals surface area contributed by atoms with Crippen LogP contribution in [0.2, 0.25) is 0 Å². The van der Waals surface area contributed by atoms with Crippen molar-refractivity contribution in [3.8, 4) is 0 Å². The quantitative estimate of drug-likeness (QED) is 0.775. The van der Waals surface area contributed by atoms with Gasteiger partial charge in [0.1, 0.15) is 5.60 Å². The third-order valence-corrected chi connectivity index (χ3v) is 5.19. The molecule has 2 aliphatic rings. The first-order valence-corrected chi connectivity index (χ1v) is 6.79. The smallest absolute Gasteiger partial charge is 0.167 e. The molecule has 2 fully saturated rings. The normalized spacial score (nSPS) is 47.1. The lowest BCUT2D eigenvalue weighted by atomic mass is 9.56. The van der Waals surface area contributed by atoms with Crippen LogP contribution in [-0.4, -0.2) is 27.2 Å². The maximum absolute atomic E-state index is 11.7. The van der Waals surface area contributed by atoms with Gasteiger partial charge in [-0.2, -0.15) is 0 Å². The molecule has 4 atom stereocenters. The summed E-state index contributed by atoms with van der Waals surface area (Å²) in [6.07, 6.45) is 3.39. The van der Waals surface area contributed by atoms with Crippen LogP contribution in [0.5, 0.6) is 0 Å². The maximum Gasteiger partial charge on any atom is 0.167 e. The molecule has 0 radical (unpaired) electrons. The Morgan fingerprint density at radius 3 is 2.35 bits per heavy atom. The van der Waals surface area contributed by atoms with Crippen molar-refractivity contribution in [3.05, 3.63) is 0 Å². The van der Waals surface area contributed by atoms with Crippen molar-refractivity contribution < 1.29 is 15.0 Å². The van der Waals surface area contributed by atoms with E-state index in [1.54, 1.807) is 0 Å². The summed E-state index contributed by atoms with van der Waals surface area (Å²) in [6, 6.07) is 0. The molecule has 0 saturated heterocycles. The predicted octanol–water partition coefficient (Wildman–Crippen LogP) is 1.90. The van der Waals surface area contributed by atoms with Crippen molar-refractivity contribution in [2.24, 2.45) is 17.8 Å². The minimum absolute atomic E-state index is 0.00625. The predicted molar refractivity (Wildman–Crippen MR) is 65.5 cm³/mol. The Labute approximate surface area is 103 Å². The molecule has 2 aliphatic carbocycles. The Morgan fingerprint density at radius 1 is 1.29 bits per heavy atom. The first-order chi connectivity index (χ1) is 7.81. The molecule has 0 amide bonds. The van der Waals surface area contributed by atoms with E-state index in [1.165, 1.54) is 0 Å². The highest BCUT2D eigenvalue weighted by atomic mass is 16.4. The first-order valence-electron chi connectivity index (χ1n) is 6.79. The van der Waals surface area contributed by atoms with Crippen LogP contribution in [0, 0.1) is 17.8 Å². The van der Waals surface area contributed by atoms with Crippen molar-refractivity contribution in [2.45, 2.75) is 64.1 Å². The van der Waals surface area contributed by atoms with Gasteiger partial charge in [0.25, 0.3) is 0 Å². The number of carbonyl (C=O) groups is 1. The molecule has 2 saturated carbocycles. The van der Waals surface area contributed by atoms with Gasteiger partial charge < -0.3 is 10.2 Å². The molecule has 98 valence electrons. The van der Waals surface area contributed by atoms with Crippen LogP contribution in [-0.2, 0) is 4.79 Å². The summed E-state index contributed by atoms with van der Waals surface area (Å²) in [5.74, 6) is 0.740. The molecule has 0 spiro atoms. The van der Waals surface area contributed by atoms with Gasteiger partial charge in [0.05, 0.1) is 0 Å². The van der Waals surface area contributed by atoms with Crippen LogP contribution in [0.3, 0.4) is 0 Å². The molecule has 0 bridgehead atoms. The average Bonchev–Trinajstić information content (AvgIpc) is 2.29. The van der Waals surface area contributed by atoms with Gasteiger partial charge in [0, 0.05) is 6.42 Å². The molecule has 0 aromatic heterocycles. The summed E-state index contributed by atoms with van der Waals surface area (Å²) in [6.45, 7) is 6.25. The number of hydrogen-bond acceptors (Lipinski definition) is 3. The Hall–Kier alpha value is -0.410. The van der Waals surface area contributed by atoms with Crippen LogP contribution < -0.4 is 0 Å². The summed E-state index contributed by atoms with van der Waals surface area (Å²) in [7, 11) is 0. The lowest BCUT2D eigenvalue weighted by Gasteiger charge is -2.54. The first kappa shape index (κ1) is 13.0. The van der Waals surface area contributed by atoms with E-state index in [0.717, 1.165) is 12.8 Å². The number of hydrogen-bond donors (Lipinski definition) is 2. The minimum atomic E-state index is -1.46. The fourth-order valence-electron chi connectivity index (χ4n) is 3.47. The molecule has 1 unspecified atom stereocenters. The lowest BCUT2D eigenvalue weighted by Crippen LogP contribution is -2.69. The molecule has 0 aromatic rings. The van der Waals surface area contributed by atoms with Gasteiger partial charge in [0.2, 0.25) is 0 Å². The van der Waals surface area contributed by atoms with Crippen molar-refractivity contribution >= 4 is 5.78 Å². The van der Waals surface area contributed by atoms with E-state index in [0.29, 0.717) is 31.1 Å². The molecular formula is C14H24O3. The number of ketones is 1. The fourth-order valence-corrected chi connectivity index (χ4v) is 3.47. The largest absolute Gasteiger partial charge is 0.386 e. The zero-order valence-corrected chi connectivity index (χ0v) is 11.1. The Balaban J connectivity index is 2.24. The van der Waals surface area contributed by atoms with E-state index in [4.69, 9.17) is 0 Å². The van der Waals surface area contributed by atoms with E-state index in [2.05, 4.69) is 13.8 Å². The number of rotatable bonds is 2. The highest BCUT2D eigenvalue weighted by molar-refractivity contribution is 5.94. The average molecular weight is 240 g/mol. The van der Waals surface area contributed by atoms with Crippen LogP contribution in [0.4, 0.5) is 0 Å². The molecule has 0 aliphatic heterocycles. The monoisotopic (exact) mass is 240 g/mol. The van der Waals surface area contributed by atoms with Crippen molar-refractivity contribution in [1.29, 1.82) is 0 Å². The third-order valence-electron chi connectivity index (χ3n) is 5.19. The molecular weight excluding hydrogens is 216 g/mol. The molecule has 17 heavy (non-hydrogen) atoms. The van der Waals surface area contributed by atoms with E-state index in [1.807, 2.05) is 6.92 Å². The van der Waals surface area contributed by atoms with E-state index in [-0.39, 0.29) is 11.7 Å². The molecule has 2 rings (SSSR count). The second-order valence-electron chi connectivity index (χ2n) is 6.39. The molecule has 3 heteroatoms. The summed E-state index contributed by atoms with van der Waals surface area (Å²) < 4.78 is 0. The summed E-state index contributed by atoms with van der Waals surface area (Å²) in [5, 5.41) is 21.3. The fraction of sp³-hybridized carbons (Fsp3) is 0.929. The van der Waals surface area contributed by atoms with E-state index in [9.17, 15) is 15.0 Å². The van der Waals surface area contributed by atoms with Gasteiger partial charge in [-0.1, -0.05) is 20.8 Å². The highest BCUT2D eigenvalue weighted by Gasteiger charge is 2.62. The molecule has 0 heterocycles. The minimum Gasteiger partial charge on any atom is -0.386 e. The molecule has 3 nitrogen and oxygen atoms in total. The summed E-state index contributed by atoms with van der Waals surface area (Å²) in [4.78, 5) is 11.7. The van der Waals surface area contributed by atoms with Crippen molar-refractivity contribution in [3.63, 3.8) is 0 Å². The highest BCUT2D eigenvalue weighted by Crippen LogP contribution is 2.50. The standard InChI is InChI=1S/C14H24O3/c1-9(2)11-5-4-10(3)14(17,8-11)13(16)7-6-12(13)15/h9-11,16-17H,4-8H2,1-3H3/t10-,11+,13?,14-/m0/s1. The van der Waals surface area contributed by atoms with Crippen molar-refractivity contribution in [2.75, 3.05) is 0 Å². The number of aliphatic hydroxyl groups is 2. The van der Waals surface area contributed by atoms with Gasteiger partial charge >= 0.3 is 0 Å². The van der Waals surface area contributed by atoms with Gasteiger partial charge in [-0.25, -0.2) is 0 Å². The molecule has 0 aromatic carbocycles. The van der Waals surface area contributed by atoms with Crippen LogP contribution in [0.15, 0.2) is 0 Å². The summed E-state index contributed by atoms with van der Waals surface area (Å²) in [5.41, 5.74) is -2.66. The molecule has 2 N–H and O–H groups in total. The van der Waals surface area contributed by atoms with E-state index < -0.39 is 11.2 Å². The zero-order chi connectivity index (χ0) is 12.8. The van der Waals surface area contributed by atoms with Gasteiger partial charge in [0.15, 0.2) is 11.4 Å². The Morgan fingerprint density at radius 2 is 1.94 bits per heavy atom. The van der Waals surface area contributed by atoms with Crippen molar-refractivity contribution in [1.82, 2.24) is 0 Å². The number of carbonyl (C=O) groups excluding carboxylic acids is 1. The summed E-state index contributed by atoms with van der Waals surface area (Å²) >= 11 is 0. The Kier molecular flexibility index (Phi) is 3.11. The second kappa shape index (κ2) is 4.06. The SMILES string of the molecule is CC(C)[C@@H]1CC[C@H](C)[C@](O)(C2(O)CCC2=O)C1. The van der Waals surface area contributed by atoms with Crippen LogP contribution in [0.25, 0.3) is 0 Å². The van der Waals surface area contributed by atoms with Crippen LogP contribution >= 0.6 is 0 Å². The maximum atomic E-state index is 11.7. The van der Waals surface area contributed by atoms with Gasteiger partial charge in [-0.15, -0.1) is 0 Å². The number of Topliss-reactive ketones (excluding diaryl/α,β-unsaturated/α-hetero) is 1.